The highest BCUT2D eigenvalue weighted by molar-refractivity contribution is 5.95. The number of halogens is 3. The Balaban J connectivity index is 2.01. The molecule has 96 valence electrons. The summed E-state index contributed by atoms with van der Waals surface area (Å²) in [7, 11) is 0. The van der Waals surface area contributed by atoms with Gasteiger partial charge in [-0.25, -0.2) is 13.2 Å². The van der Waals surface area contributed by atoms with E-state index in [9.17, 15) is 18.0 Å². The summed E-state index contributed by atoms with van der Waals surface area (Å²) < 4.78 is 40.0. The zero-order valence-electron chi connectivity index (χ0n) is 9.47. The van der Waals surface area contributed by atoms with Crippen molar-refractivity contribution in [3.8, 4) is 0 Å². The van der Waals surface area contributed by atoms with Crippen molar-refractivity contribution in [1.29, 1.82) is 0 Å². The molecule has 3 rings (SSSR count). The van der Waals surface area contributed by atoms with Crippen LogP contribution < -0.4 is 10.6 Å². The monoisotopic (exact) mass is 256 g/mol. The zero-order valence-corrected chi connectivity index (χ0v) is 9.47. The number of ketones is 1. The summed E-state index contributed by atoms with van der Waals surface area (Å²) in [6.07, 6.45) is 1.56. The smallest absolute Gasteiger partial charge is 0.198 e. The molecule has 2 aliphatic rings. The second-order valence-corrected chi connectivity index (χ2v) is 4.99. The third-order valence-corrected chi connectivity index (χ3v) is 3.77. The average molecular weight is 256 g/mol. The van der Waals surface area contributed by atoms with E-state index in [0.717, 1.165) is 18.9 Å². The minimum atomic E-state index is -1.59. The van der Waals surface area contributed by atoms with Gasteiger partial charge in [-0.3, -0.25) is 4.79 Å². The molecule has 6 heteroatoms. The summed E-state index contributed by atoms with van der Waals surface area (Å²) in [6.45, 7) is 0.384. The standard InChI is InChI=1S/C12H11F3N2O/c13-9-6(16)3-7(10(14)11(9)15)17-4-8(18)12(5-17)1-2-12/h3H,1-2,4-5,16H2. The van der Waals surface area contributed by atoms with Gasteiger partial charge in [-0.15, -0.1) is 0 Å². The Morgan fingerprint density at radius 1 is 1.17 bits per heavy atom. The van der Waals surface area contributed by atoms with Gasteiger partial charge in [0.05, 0.1) is 17.9 Å². The molecule has 1 heterocycles. The van der Waals surface area contributed by atoms with E-state index >= 15 is 0 Å². The highest BCUT2D eigenvalue weighted by atomic mass is 19.2. The Morgan fingerprint density at radius 3 is 2.39 bits per heavy atom. The van der Waals surface area contributed by atoms with Crippen LogP contribution in [0.1, 0.15) is 12.8 Å². The van der Waals surface area contributed by atoms with Crippen LogP contribution in [0.3, 0.4) is 0 Å². The van der Waals surface area contributed by atoms with E-state index in [1.807, 2.05) is 0 Å². The maximum absolute atomic E-state index is 13.7. The lowest BCUT2D eigenvalue weighted by Crippen LogP contribution is -2.22. The Morgan fingerprint density at radius 2 is 1.83 bits per heavy atom. The number of carbonyl (C=O) groups excluding carboxylic acids is 1. The first-order valence-corrected chi connectivity index (χ1v) is 5.66. The molecule has 0 unspecified atom stereocenters. The van der Waals surface area contributed by atoms with Crippen molar-refractivity contribution in [2.24, 2.45) is 5.41 Å². The van der Waals surface area contributed by atoms with Crippen molar-refractivity contribution in [1.82, 2.24) is 0 Å². The van der Waals surface area contributed by atoms with Gasteiger partial charge in [-0.2, -0.15) is 0 Å². The van der Waals surface area contributed by atoms with Crippen molar-refractivity contribution in [2.75, 3.05) is 23.7 Å². The van der Waals surface area contributed by atoms with Crippen molar-refractivity contribution >= 4 is 17.2 Å². The number of hydrogen-bond donors (Lipinski definition) is 1. The van der Waals surface area contributed by atoms with Crippen molar-refractivity contribution < 1.29 is 18.0 Å². The normalized spacial score (nSPS) is 20.8. The number of nitrogens with zero attached hydrogens (tertiary/aromatic N) is 1. The van der Waals surface area contributed by atoms with Gasteiger partial charge in [-0.05, 0) is 18.9 Å². The SMILES string of the molecule is Nc1cc(N2CC(=O)C3(CC3)C2)c(F)c(F)c1F. The van der Waals surface area contributed by atoms with Gasteiger partial charge >= 0.3 is 0 Å². The second-order valence-electron chi connectivity index (χ2n) is 4.99. The van der Waals surface area contributed by atoms with Crippen molar-refractivity contribution in [2.45, 2.75) is 12.8 Å². The topological polar surface area (TPSA) is 46.3 Å². The van der Waals surface area contributed by atoms with Crippen LogP contribution in [0.25, 0.3) is 0 Å². The van der Waals surface area contributed by atoms with Gasteiger partial charge in [0.25, 0.3) is 0 Å². The summed E-state index contributed by atoms with van der Waals surface area (Å²) in [5.74, 6) is -4.23. The number of carbonyl (C=O) groups is 1. The van der Waals surface area contributed by atoms with E-state index in [-0.39, 0.29) is 23.4 Å². The van der Waals surface area contributed by atoms with Crippen LogP contribution in [-0.4, -0.2) is 18.9 Å². The highest BCUT2D eigenvalue weighted by Gasteiger charge is 2.55. The molecule has 1 saturated carbocycles. The van der Waals surface area contributed by atoms with Gasteiger partial charge in [0.15, 0.2) is 23.2 Å². The molecule has 3 nitrogen and oxygen atoms in total. The molecule has 1 aromatic carbocycles. The van der Waals surface area contributed by atoms with E-state index in [4.69, 9.17) is 5.73 Å². The molecule has 1 aliphatic carbocycles. The fourth-order valence-corrected chi connectivity index (χ4v) is 2.45. The maximum Gasteiger partial charge on any atom is 0.198 e. The van der Waals surface area contributed by atoms with Crippen LogP contribution in [0.5, 0.6) is 0 Å². The molecular formula is C12H11F3N2O. The first-order chi connectivity index (χ1) is 8.44. The van der Waals surface area contributed by atoms with Crippen LogP contribution in [0.15, 0.2) is 6.07 Å². The average Bonchev–Trinajstić information content (AvgIpc) is 3.03. The fraction of sp³-hybridized carbons (Fsp3) is 0.417. The molecule has 1 saturated heterocycles. The molecule has 2 fully saturated rings. The number of nitrogen functional groups attached to an aromatic ring is 1. The molecule has 0 bridgehead atoms. The molecule has 2 N–H and O–H groups in total. The number of rotatable bonds is 1. The first-order valence-electron chi connectivity index (χ1n) is 5.66. The van der Waals surface area contributed by atoms with Crippen LogP contribution >= 0.6 is 0 Å². The summed E-state index contributed by atoms with van der Waals surface area (Å²) in [6, 6.07) is 1.04. The van der Waals surface area contributed by atoms with Gasteiger partial charge < -0.3 is 10.6 Å². The maximum atomic E-state index is 13.7. The van der Waals surface area contributed by atoms with Crippen LogP contribution in [0.4, 0.5) is 24.5 Å². The minimum absolute atomic E-state index is 0.0292. The Hall–Kier alpha value is -1.72. The van der Waals surface area contributed by atoms with E-state index < -0.39 is 23.1 Å². The molecule has 1 aromatic rings. The number of nitrogens with two attached hydrogens (primary N) is 1. The van der Waals surface area contributed by atoms with Crippen molar-refractivity contribution in [3.05, 3.63) is 23.5 Å². The number of anilines is 2. The summed E-state index contributed by atoms with van der Waals surface area (Å²) in [5, 5.41) is 0. The summed E-state index contributed by atoms with van der Waals surface area (Å²) in [4.78, 5) is 13.2. The zero-order chi connectivity index (χ0) is 13.1. The third kappa shape index (κ3) is 1.41. The van der Waals surface area contributed by atoms with E-state index in [2.05, 4.69) is 0 Å². The Labute approximate surface area is 101 Å². The quantitative estimate of drug-likeness (QED) is 0.616. The summed E-state index contributed by atoms with van der Waals surface area (Å²) in [5.41, 5.74) is 4.31. The number of Topliss-reactive ketones (excluding diaryl/α,β-unsaturated/α-hetero) is 1. The molecule has 1 spiro atoms. The van der Waals surface area contributed by atoms with E-state index in [1.165, 1.54) is 4.90 Å². The van der Waals surface area contributed by atoms with Gasteiger partial charge in [0.1, 0.15) is 0 Å². The lowest BCUT2D eigenvalue weighted by Gasteiger charge is -2.19. The first kappa shape index (κ1) is 11.4. The van der Waals surface area contributed by atoms with Crippen molar-refractivity contribution in [3.63, 3.8) is 0 Å². The Bertz CT molecular complexity index is 555. The lowest BCUT2D eigenvalue weighted by atomic mass is 10.1. The van der Waals surface area contributed by atoms with E-state index in [0.29, 0.717) is 6.54 Å². The van der Waals surface area contributed by atoms with Gasteiger partial charge in [0, 0.05) is 12.0 Å². The molecule has 0 radical (unpaired) electrons. The van der Waals surface area contributed by atoms with Crippen LogP contribution in [0, 0.1) is 22.9 Å². The number of hydrogen-bond acceptors (Lipinski definition) is 3. The second kappa shape index (κ2) is 3.40. The van der Waals surface area contributed by atoms with Gasteiger partial charge in [-0.1, -0.05) is 0 Å². The lowest BCUT2D eigenvalue weighted by molar-refractivity contribution is -0.120. The molecular weight excluding hydrogens is 245 g/mol. The summed E-state index contributed by atoms with van der Waals surface area (Å²) >= 11 is 0. The largest absolute Gasteiger partial charge is 0.396 e. The fourth-order valence-electron chi connectivity index (χ4n) is 2.45. The molecule has 0 amide bonds. The Kier molecular flexibility index (Phi) is 2.15. The predicted molar refractivity (Wildman–Crippen MR) is 59.6 cm³/mol. The predicted octanol–water partition coefficient (Wildman–Crippen LogP) is 1.86. The molecule has 0 aromatic heterocycles. The molecule has 1 aliphatic heterocycles. The van der Waals surface area contributed by atoms with Crippen LogP contribution in [-0.2, 0) is 4.79 Å². The van der Waals surface area contributed by atoms with E-state index in [1.54, 1.807) is 0 Å². The molecule has 18 heavy (non-hydrogen) atoms. The number of benzene rings is 1. The van der Waals surface area contributed by atoms with Gasteiger partial charge in [0.2, 0.25) is 0 Å². The minimum Gasteiger partial charge on any atom is -0.396 e. The highest BCUT2D eigenvalue weighted by Crippen LogP contribution is 2.51. The van der Waals surface area contributed by atoms with Crippen LogP contribution in [0.2, 0.25) is 0 Å². The molecule has 0 atom stereocenters. The third-order valence-electron chi connectivity index (χ3n) is 3.77.